The monoisotopic (exact) mass is 446 g/mol. The summed E-state index contributed by atoms with van der Waals surface area (Å²) in [6.45, 7) is 0.680. The number of amides is 2. The van der Waals surface area contributed by atoms with Crippen molar-refractivity contribution in [2.24, 2.45) is 0 Å². The fraction of sp³-hybridized carbons (Fsp3) is 0.182. The largest absolute Gasteiger partial charge is 0.459 e. The summed E-state index contributed by atoms with van der Waals surface area (Å²) in [4.78, 5) is 24.8. The number of ether oxygens (including phenoxy) is 1. The van der Waals surface area contributed by atoms with Crippen LogP contribution in [0.5, 0.6) is 11.5 Å². The van der Waals surface area contributed by atoms with Gasteiger partial charge in [0.1, 0.15) is 11.5 Å². The second-order valence-corrected chi connectivity index (χ2v) is 7.38. The van der Waals surface area contributed by atoms with Crippen LogP contribution in [0.4, 0.5) is 5.69 Å². The summed E-state index contributed by atoms with van der Waals surface area (Å²) >= 11 is 11.0. The number of nitrogens with zero attached hydrogens (tertiary/aromatic N) is 1. The molecule has 0 fully saturated rings. The maximum atomic E-state index is 12.9. The lowest BCUT2D eigenvalue weighted by Crippen LogP contribution is -2.35. The first-order chi connectivity index (χ1) is 14.5. The van der Waals surface area contributed by atoms with E-state index in [1.165, 1.54) is 6.26 Å². The third-order valence-corrected chi connectivity index (χ3v) is 4.56. The highest BCUT2D eigenvalue weighted by Crippen LogP contribution is 2.25. The maximum absolute atomic E-state index is 12.9. The lowest BCUT2D eigenvalue weighted by molar-refractivity contribution is -0.119. The van der Waals surface area contributed by atoms with Crippen molar-refractivity contribution in [3.63, 3.8) is 0 Å². The van der Waals surface area contributed by atoms with Gasteiger partial charge in [-0.1, -0.05) is 41.4 Å². The fourth-order valence-electron chi connectivity index (χ4n) is 2.73. The number of furan rings is 1. The highest BCUT2D eigenvalue weighted by molar-refractivity contribution is 6.53. The topological polar surface area (TPSA) is 71.8 Å². The van der Waals surface area contributed by atoms with Crippen molar-refractivity contribution in [2.75, 3.05) is 18.0 Å². The van der Waals surface area contributed by atoms with Gasteiger partial charge in [-0.2, -0.15) is 0 Å². The molecule has 0 aliphatic carbocycles. The number of alkyl halides is 2. The zero-order valence-electron chi connectivity index (χ0n) is 16.0. The molecule has 0 bridgehead atoms. The lowest BCUT2D eigenvalue weighted by atomic mass is 10.2. The van der Waals surface area contributed by atoms with Gasteiger partial charge < -0.3 is 19.4 Å². The van der Waals surface area contributed by atoms with Gasteiger partial charge in [0.2, 0.25) is 0 Å². The Labute approximate surface area is 184 Å². The highest BCUT2D eigenvalue weighted by Gasteiger charge is 2.20. The number of benzene rings is 2. The molecular weight excluding hydrogens is 427 g/mol. The van der Waals surface area contributed by atoms with E-state index in [2.05, 4.69) is 5.32 Å². The minimum Gasteiger partial charge on any atom is -0.459 e. The Balaban J connectivity index is 1.69. The molecule has 0 radical (unpaired) electrons. The average molecular weight is 447 g/mol. The standard InChI is InChI=1S/C22H20Cl2N2O4/c23-20(24)21(27)25-13-5-14-26(22(28)19-8-4-15-29-19)16-9-11-18(12-10-16)30-17-6-2-1-3-7-17/h1-4,6-12,15,20H,5,13-14H2,(H,25,27). The van der Waals surface area contributed by atoms with Crippen molar-refractivity contribution in [3.05, 3.63) is 78.8 Å². The van der Waals surface area contributed by atoms with E-state index in [0.717, 1.165) is 5.75 Å². The molecule has 0 aliphatic heterocycles. The van der Waals surface area contributed by atoms with E-state index in [-0.39, 0.29) is 11.7 Å². The predicted molar refractivity (Wildman–Crippen MR) is 116 cm³/mol. The average Bonchev–Trinajstić information content (AvgIpc) is 3.30. The number of hydrogen-bond donors (Lipinski definition) is 1. The molecule has 156 valence electrons. The summed E-state index contributed by atoms with van der Waals surface area (Å²) in [5.74, 6) is 0.852. The van der Waals surface area contributed by atoms with Gasteiger partial charge in [-0.15, -0.1) is 0 Å². The van der Waals surface area contributed by atoms with Gasteiger partial charge in [0.05, 0.1) is 6.26 Å². The van der Waals surface area contributed by atoms with Crippen LogP contribution in [-0.4, -0.2) is 29.7 Å². The van der Waals surface area contributed by atoms with Gasteiger partial charge in [0, 0.05) is 18.8 Å². The van der Waals surface area contributed by atoms with Crippen LogP contribution in [0.2, 0.25) is 0 Å². The van der Waals surface area contributed by atoms with Crippen molar-refractivity contribution in [1.82, 2.24) is 5.32 Å². The first-order valence-electron chi connectivity index (χ1n) is 9.29. The van der Waals surface area contributed by atoms with E-state index in [0.29, 0.717) is 30.9 Å². The third kappa shape index (κ3) is 6.02. The molecule has 0 saturated heterocycles. The molecule has 0 saturated carbocycles. The fourth-order valence-corrected chi connectivity index (χ4v) is 2.88. The molecule has 1 N–H and O–H groups in total. The molecule has 3 rings (SSSR count). The number of halogens is 2. The van der Waals surface area contributed by atoms with Gasteiger partial charge in [0.25, 0.3) is 11.8 Å². The van der Waals surface area contributed by atoms with Crippen LogP contribution in [0.3, 0.4) is 0 Å². The van der Waals surface area contributed by atoms with Crippen molar-refractivity contribution >= 4 is 40.7 Å². The van der Waals surface area contributed by atoms with E-state index in [9.17, 15) is 9.59 Å². The minimum atomic E-state index is -1.12. The summed E-state index contributed by atoms with van der Waals surface area (Å²) in [5.41, 5.74) is 0.677. The van der Waals surface area contributed by atoms with E-state index < -0.39 is 10.7 Å². The van der Waals surface area contributed by atoms with Crippen LogP contribution in [0, 0.1) is 0 Å². The minimum absolute atomic E-state index is 0.227. The number of carbonyl (C=O) groups is 2. The Bertz CT molecular complexity index is 945. The van der Waals surface area contributed by atoms with Crippen LogP contribution in [0.15, 0.2) is 77.4 Å². The van der Waals surface area contributed by atoms with Gasteiger partial charge >= 0.3 is 0 Å². The van der Waals surface area contributed by atoms with Crippen molar-refractivity contribution in [3.8, 4) is 11.5 Å². The van der Waals surface area contributed by atoms with Crippen LogP contribution >= 0.6 is 23.2 Å². The number of nitrogens with one attached hydrogen (secondary N) is 1. The van der Waals surface area contributed by atoms with Crippen molar-refractivity contribution < 1.29 is 18.7 Å². The molecule has 0 spiro atoms. The Hall–Kier alpha value is -2.96. The quantitative estimate of drug-likeness (QED) is 0.369. The molecule has 1 heterocycles. The predicted octanol–water partition coefficient (Wildman–Crippen LogP) is 5.03. The molecule has 6 nitrogen and oxygen atoms in total. The van der Waals surface area contributed by atoms with Crippen LogP contribution in [-0.2, 0) is 4.79 Å². The Morgan fingerprint density at radius 2 is 1.67 bits per heavy atom. The normalized spacial score (nSPS) is 10.6. The third-order valence-electron chi connectivity index (χ3n) is 4.16. The number of hydrogen-bond acceptors (Lipinski definition) is 4. The molecule has 2 aromatic carbocycles. The van der Waals surface area contributed by atoms with Crippen molar-refractivity contribution in [1.29, 1.82) is 0 Å². The Morgan fingerprint density at radius 3 is 2.30 bits per heavy atom. The van der Waals surface area contributed by atoms with Gasteiger partial charge in [-0.05, 0) is 55.0 Å². The smallest absolute Gasteiger partial charge is 0.293 e. The Morgan fingerprint density at radius 1 is 0.967 bits per heavy atom. The second kappa shape index (κ2) is 10.7. The highest BCUT2D eigenvalue weighted by atomic mass is 35.5. The Kier molecular flexibility index (Phi) is 7.76. The van der Waals surface area contributed by atoms with E-state index in [1.807, 2.05) is 30.3 Å². The molecule has 3 aromatic rings. The molecule has 0 atom stereocenters. The summed E-state index contributed by atoms with van der Waals surface area (Å²) in [7, 11) is 0. The second-order valence-electron chi connectivity index (χ2n) is 6.29. The first kappa shape index (κ1) is 21.7. The molecular formula is C22H20Cl2N2O4. The first-order valence-corrected chi connectivity index (χ1v) is 10.2. The van der Waals surface area contributed by atoms with E-state index in [1.54, 1.807) is 41.3 Å². The summed E-state index contributed by atoms with van der Waals surface area (Å²) in [5, 5.41) is 2.61. The zero-order valence-corrected chi connectivity index (χ0v) is 17.5. The lowest BCUT2D eigenvalue weighted by Gasteiger charge is -2.22. The summed E-state index contributed by atoms with van der Waals surface area (Å²) in [6.07, 6.45) is 1.95. The SMILES string of the molecule is O=C(NCCCN(C(=O)c1ccco1)c1ccc(Oc2ccccc2)cc1)C(Cl)Cl. The number of para-hydroxylation sites is 1. The molecule has 1 aromatic heterocycles. The number of carbonyl (C=O) groups excluding carboxylic acids is 2. The molecule has 2 amide bonds. The van der Waals surface area contributed by atoms with E-state index in [4.69, 9.17) is 32.4 Å². The van der Waals surface area contributed by atoms with Crippen molar-refractivity contribution in [2.45, 2.75) is 11.3 Å². The maximum Gasteiger partial charge on any atom is 0.293 e. The van der Waals surface area contributed by atoms with Gasteiger partial charge in [-0.25, -0.2) is 0 Å². The number of anilines is 1. The van der Waals surface area contributed by atoms with Crippen LogP contribution in [0.1, 0.15) is 17.0 Å². The molecule has 0 aliphatic rings. The van der Waals surface area contributed by atoms with Gasteiger partial charge in [-0.3, -0.25) is 9.59 Å². The van der Waals surface area contributed by atoms with Crippen LogP contribution < -0.4 is 15.0 Å². The molecule has 8 heteroatoms. The van der Waals surface area contributed by atoms with E-state index >= 15 is 0 Å². The van der Waals surface area contributed by atoms with Gasteiger partial charge in [0.15, 0.2) is 10.6 Å². The number of rotatable bonds is 9. The zero-order chi connectivity index (χ0) is 21.3. The molecule has 0 unspecified atom stereocenters. The molecule has 30 heavy (non-hydrogen) atoms. The summed E-state index contributed by atoms with van der Waals surface area (Å²) in [6, 6.07) is 19.9. The van der Waals surface area contributed by atoms with Crippen LogP contribution in [0.25, 0.3) is 0 Å². The summed E-state index contributed by atoms with van der Waals surface area (Å²) < 4.78 is 11.1.